The van der Waals surface area contributed by atoms with Crippen molar-refractivity contribution < 1.29 is 19.4 Å². The fourth-order valence-corrected chi connectivity index (χ4v) is 2.93. The summed E-state index contributed by atoms with van der Waals surface area (Å²) in [7, 11) is 1.54. The number of rotatable bonds is 5. The van der Waals surface area contributed by atoms with Crippen molar-refractivity contribution in [3.05, 3.63) is 56.5 Å². The van der Waals surface area contributed by atoms with Gasteiger partial charge < -0.3 is 14.6 Å². The summed E-state index contributed by atoms with van der Waals surface area (Å²) in [6.07, 6.45) is 0. The Bertz CT molecular complexity index is 671. The number of carbonyl (C=O) groups is 1. The Morgan fingerprint density at radius 3 is 2.48 bits per heavy atom. The number of methoxy groups -OCH3 is 1. The van der Waals surface area contributed by atoms with Crippen LogP contribution in [-0.2, 0) is 6.61 Å². The first-order valence-electron chi connectivity index (χ1n) is 5.99. The van der Waals surface area contributed by atoms with Crippen molar-refractivity contribution in [2.24, 2.45) is 0 Å². The number of halogens is 2. The fourth-order valence-electron chi connectivity index (χ4n) is 1.77. The van der Waals surface area contributed by atoms with E-state index in [9.17, 15) is 4.79 Å². The highest BCUT2D eigenvalue weighted by atomic mass is 79.9. The molecule has 0 heterocycles. The second kappa shape index (κ2) is 6.95. The highest BCUT2D eigenvalue weighted by Crippen LogP contribution is 2.30. The Balaban J connectivity index is 2.22. The van der Waals surface area contributed by atoms with Gasteiger partial charge >= 0.3 is 5.97 Å². The summed E-state index contributed by atoms with van der Waals surface area (Å²) < 4.78 is 12.7. The average molecular weight is 416 g/mol. The Hall–Kier alpha value is -1.53. The standard InChI is InChI=1S/C15H12Br2O4/c1-20-13-4-2-9(15(18)19)6-10(13)8-21-14-5-3-11(16)7-12(14)17/h2-7H,8H2,1H3,(H,18,19). The number of ether oxygens (including phenoxy) is 2. The minimum atomic E-state index is -0.983. The molecule has 2 rings (SSSR count). The molecule has 0 radical (unpaired) electrons. The lowest BCUT2D eigenvalue weighted by Gasteiger charge is -2.12. The van der Waals surface area contributed by atoms with E-state index < -0.39 is 5.97 Å². The third kappa shape index (κ3) is 3.98. The van der Waals surface area contributed by atoms with Crippen LogP contribution in [0, 0.1) is 0 Å². The van der Waals surface area contributed by atoms with Crippen LogP contribution in [0.15, 0.2) is 45.3 Å². The van der Waals surface area contributed by atoms with E-state index in [2.05, 4.69) is 31.9 Å². The van der Waals surface area contributed by atoms with Gasteiger partial charge in [-0.05, 0) is 52.3 Å². The van der Waals surface area contributed by atoms with Crippen LogP contribution in [0.5, 0.6) is 11.5 Å². The van der Waals surface area contributed by atoms with Crippen LogP contribution in [0.25, 0.3) is 0 Å². The van der Waals surface area contributed by atoms with E-state index in [0.717, 1.165) is 8.95 Å². The third-order valence-corrected chi connectivity index (χ3v) is 3.92. The molecule has 0 saturated carbocycles. The van der Waals surface area contributed by atoms with E-state index >= 15 is 0 Å². The Morgan fingerprint density at radius 2 is 1.86 bits per heavy atom. The third-order valence-electron chi connectivity index (χ3n) is 2.80. The smallest absolute Gasteiger partial charge is 0.335 e. The second-order valence-corrected chi connectivity index (χ2v) is 5.97. The van der Waals surface area contributed by atoms with Gasteiger partial charge in [-0.1, -0.05) is 15.9 Å². The maximum Gasteiger partial charge on any atom is 0.335 e. The topological polar surface area (TPSA) is 55.8 Å². The Kier molecular flexibility index (Phi) is 5.25. The van der Waals surface area contributed by atoms with Gasteiger partial charge in [-0.25, -0.2) is 4.79 Å². The summed E-state index contributed by atoms with van der Waals surface area (Å²) >= 11 is 6.78. The van der Waals surface area contributed by atoms with Gasteiger partial charge in [-0.3, -0.25) is 0 Å². The zero-order valence-electron chi connectivity index (χ0n) is 11.1. The molecule has 2 aromatic carbocycles. The van der Waals surface area contributed by atoms with E-state index in [-0.39, 0.29) is 12.2 Å². The molecular formula is C15H12Br2O4. The van der Waals surface area contributed by atoms with Crippen molar-refractivity contribution in [1.82, 2.24) is 0 Å². The quantitative estimate of drug-likeness (QED) is 0.781. The summed E-state index contributed by atoms with van der Waals surface area (Å²) in [5, 5.41) is 9.04. The highest BCUT2D eigenvalue weighted by molar-refractivity contribution is 9.11. The molecule has 0 unspecified atom stereocenters. The first kappa shape index (κ1) is 15.9. The van der Waals surface area contributed by atoms with E-state index in [0.29, 0.717) is 17.1 Å². The van der Waals surface area contributed by atoms with Crippen molar-refractivity contribution in [3.63, 3.8) is 0 Å². The number of carboxylic acid groups (broad SMARTS) is 1. The molecular weight excluding hydrogens is 404 g/mol. The molecule has 0 spiro atoms. The van der Waals surface area contributed by atoms with Crippen LogP contribution < -0.4 is 9.47 Å². The van der Waals surface area contributed by atoms with Crippen molar-refractivity contribution in [1.29, 1.82) is 0 Å². The summed E-state index contributed by atoms with van der Waals surface area (Å²) in [5.41, 5.74) is 0.872. The van der Waals surface area contributed by atoms with E-state index in [4.69, 9.17) is 14.6 Å². The van der Waals surface area contributed by atoms with Crippen LogP contribution in [0.3, 0.4) is 0 Å². The molecule has 0 aliphatic rings. The lowest BCUT2D eigenvalue weighted by molar-refractivity contribution is 0.0696. The van der Waals surface area contributed by atoms with Gasteiger partial charge in [0.25, 0.3) is 0 Å². The van der Waals surface area contributed by atoms with Gasteiger partial charge in [0.05, 0.1) is 17.1 Å². The normalized spacial score (nSPS) is 10.2. The summed E-state index contributed by atoms with van der Waals surface area (Å²) in [6, 6.07) is 10.2. The second-order valence-electron chi connectivity index (χ2n) is 4.20. The molecule has 0 amide bonds. The summed E-state index contributed by atoms with van der Waals surface area (Å²) in [4.78, 5) is 11.0. The van der Waals surface area contributed by atoms with Gasteiger partial charge in [0.1, 0.15) is 18.1 Å². The largest absolute Gasteiger partial charge is 0.496 e. The number of carboxylic acids is 1. The molecule has 0 aliphatic heterocycles. The molecule has 2 aromatic rings. The maximum atomic E-state index is 11.0. The summed E-state index contributed by atoms with van der Waals surface area (Å²) in [6.45, 7) is 0.213. The number of benzene rings is 2. The van der Waals surface area contributed by atoms with Gasteiger partial charge in [0.15, 0.2) is 0 Å². The number of hydrogen-bond acceptors (Lipinski definition) is 3. The monoisotopic (exact) mass is 414 g/mol. The van der Waals surface area contributed by atoms with E-state index in [1.54, 1.807) is 12.1 Å². The van der Waals surface area contributed by atoms with E-state index in [1.807, 2.05) is 18.2 Å². The predicted molar refractivity (Wildman–Crippen MR) is 86.1 cm³/mol. The lowest BCUT2D eigenvalue weighted by atomic mass is 10.1. The molecule has 0 fully saturated rings. The number of hydrogen-bond donors (Lipinski definition) is 1. The minimum Gasteiger partial charge on any atom is -0.496 e. The maximum absolute atomic E-state index is 11.0. The number of aromatic carboxylic acids is 1. The van der Waals surface area contributed by atoms with Crippen LogP contribution in [0.2, 0.25) is 0 Å². The Morgan fingerprint density at radius 1 is 1.14 bits per heavy atom. The van der Waals surface area contributed by atoms with E-state index in [1.165, 1.54) is 13.2 Å². The van der Waals surface area contributed by atoms with Crippen molar-refractivity contribution in [2.45, 2.75) is 6.61 Å². The SMILES string of the molecule is COc1ccc(C(=O)O)cc1COc1ccc(Br)cc1Br. The zero-order chi connectivity index (χ0) is 15.4. The molecule has 110 valence electrons. The molecule has 0 aromatic heterocycles. The first-order chi connectivity index (χ1) is 10.0. The molecule has 6 heteroatoms. The van der Waals surface area contributed by atoms with Gasteiger partial charge in [-0.15, -0.1) is 0 Å². The average Bonchev–Trinajstić information content (AvgIpc) is 2.46. The van der Waals surface area contributed by atoms with Gasteiger partial charge in [0.2, 0.25) is 0 Å². The van der Waals surface area contributed by atoms with Crippen molar-refractivity contribution in [3.8, 4) is 11.5 Å². The lowest BCUT2D eigenvalue weighted by Crippen LogP contribution is -2.03. The zero-order valence-corrected chi connectivity index (χ0v) is 14.3. The molecule has 4 nitrogen and oxygen atoms in total. The summed E-state index contributed by atoms with van der Waals surface area (Å²) in [5.74, 6) is 0.276. The molecule has 0 aliphatic carbocycles. The van der Waals surface area contributed by atoms with Crippen molar-refractivity contribution >= 4 is 37.8 Å². The molecule has 0 atom stereocenters. The van der Waals surface area contributed by atoms with Gasteiger partial charge in [0, 0.05) is 10.0 Å². The van der Waals surface area contributed by atoms with Crippen LogP contribution in [-0.4, -0.2) is 18.2 Å². The van der Waals surface area contributed by atoms with Crippen LogP contribution in [0.1, 0.15) is 15.9 Å². The minimum absolute atomic E-state index is 0.198. The molecule has 0 saturated heterocycles. The fraction of sp³-hybridized carbons (Fsp3) is 0.133. The molecule has 0 bridgehead atoms. The molecule has 1 N–H and O–H groups in total. The first-order valence-corrected chi connectivity index (χ1v) is 7.58. The molecule has 21 heavy (non-hydrogen) atoms. The van der Waals surface area contributed by atoms with Crippen LogP contribution >= 0.6 is 31.9 Å². The van der Waals surface area contributed by atoms with Gasteiger partial charge in [-0.2, -0.15) is 0 Å². The Labute approximate surface area is 139 Å². The van der Waals surface area contributed by atoms with Crippen molar-refractivity contribution in [2.75, 3.05) is 7.11 Å². The highest BCUT2D eigenvalue weighted by Gasteiger charge is 2.10. The van der Waals surface area contributed by atoms with Crippen LogP contribution in [0.4, 0.5) is 0 Å². The predicted octanol–water partition coefficient (Wildman–Crippen LogP) is 4.50.